The minimum atomic E-state index is -0.607. The molecular formula is C11H19NO2S. The number of rotatable bonds is 3. The topological polar surface area (TPSA) is 40.5 Å². The summed E-state index contributed by atoms with van der Waals surface area (Å²) in [5.41, 5.74) is 0. The number of hydrogen-bond acceptors (Lipinski definition) is 3. The van der Waals surface area contributed by atoms with E-state index in [1.807, 2.05) is 11.8 Å². The molecule has 2 heterocycles. The zero-order valence-electron chi connectivity index (χ0n) is 9.02. The van der Waals surface area contributed by atoms with Gasteiger partial charge in [-0.1, -0.05) is 6.42 Å². The van der Waals surface area contributed by atoms with Crippen molar-refractivity contribution in [2.24, 2.45) is 5.92 Å². The maximum absolute atomic E-state index is 11.3. The molecular weight excluding hydrogens is 210 g/mol. The van der Waals surface area contributed by atoms with Gasteiger partial charge in [0.15, 0.2) is 0 Å². The van der Waals surface area contributed by atoms with Crippen molar-refractivity contribution >= 4 is 17.7 Å². The van der Waals surface area contributed by atoms with Gasteiger partial charge in [0.05, 0.1) is 0 Å². The number of aliphatic carboxylic acids is 1. The van der Waals surface area contributed by atoms with Crippen molar-refractivity contribution in [1.82, 2.24) is 4.90 Å². The van der Waals surface area contributed by atoms with E-state index in [0.29, 0.717) is 5.92 Å². The Balaban J connectivity index is 2.00. The maximum Gasteiger partial charge on any atom is 0.321 e. The van der Waals surface area contributed by atoms with Gasteiger partial charge in [0.2, 0.25) is 0 Å². The number of carbonyl (C=O) groups is 1. The largest absolute Gasteiger partial charge is 0.480 e. The number of carboxylic acids is 1. The number of nitrogens with zero attached hydrogens (tertiary/aromatic N) is 1. The second-order valence-corrected chi connectivity index (χ2v) is 5.65. The molecule has 4 heteroatoms. The maximum atomic E-state index is 11.3. The second kappa shape index (κ2) is 5.21. The molecule has 0 radical (unpaired) electrons. The SMILES string of the molecule is O=C(O)C(C1CCSC1)N1CCCCC1. The Hall–Kier alpha value is -0.220. The highest BCUT2D eigenvalue weighted by molar-refractivity contribution is 7.99. The molecule has 2 aliphatic rings. The zero-order chi connectivity index (χ0) is 10.7. The lowest BCUT2D eigenvalue weighted by Crippen LogP contribution is -2.48. The van der Waals surface area contributed by atoms with Gasteiger partial charge in [-0.2, -0.15) is 11.8 Å². The summed E-state index contributed by atoms with van der Waals surface area (Å²) < 4.78 is 0. The van der Waals surface area contributed by atoms with Gasteiger partial charge in [0, 0.05) is 0 Å². The van der Waals surface area contributed by atoms with Gasteiger partial charge in [-0.15, -0.1) is 0 Å². The third kappa shape index (κ3) is 2.67. The van der Waals surface area contributed by atoms with Crippen LogP contribution in [0.25, 0.3) is 0 Å². The average Bonchev–Trinajstić information content (AvgIpc) is 2.72. The van der Waals surface area contributed by atoms with E-state index in [9.17, 15) is 9.90 Å². The van der Waals surface area contributed by atoms with E-state index in [0.717, 1.165) is 31.0 Å². The van der Waals surface area contributed by atoms with Crippen molar-refractivity contribution in [3.63, 3.8) is 0 Å². The molecule has 2 unspecified atom stereocenters. The summed E-state index contributed by atoms with van der Waals surface area (Å²) in [4.78, 5) is 13.5. The summed E-state index contributed by atoms with van der Waals surface area (Å²) in [6.45, 7) is 1.97. The Morgan fingerprint density at radius 3 is 2.60 bits per heavy atom. The molecule has 0 aliphatic carbocycles. The predicted octanol–water partition coefficient (Wildman–Crippen LogP) is 1.68. The van der Waals surface area contributed by atoms with Crippen molar-refractivity contribution in [2.75, 3.05) is 24.6 Å². The lowest BCUT2D eigenvalue weighted by atomic mass is 9.95. The molecule has 0 amide bonds. The molecule has 2 aliphatic heterocycles. The third-order valence-corrected chi connectivity index (χ3v) is 4.64. The van der Waals surface area contributed by atoms with Gasteiger partial charge >= 0.3 is 5.97 Å². The van der Waals surface area contributed by atoms with Crippen LogP contribution in [0.5, 0.6) is 0 Å². The zero-order valence-corrected chi connectivity index (χ0v) is 9.84. The van der Waals surface area contributed by atoms with Gasteiger partial charge in [0.1, 0.15) is 6.04 Å². The highest BCUT2D eigenvalue weighted by atomic mass is 32.2. The molecule has 2 saturated heterocycles. The Morgan fingerprint density at radius 2 is 2.07 bits per heavy atom. The highest BCUT2D eigenvalue weighted by Gasteiger charge is 2.35. The van der Waals surface area contributed by atoms with E-state index in [-0.39, 0.29) is 6.04 Å². The third-order valence-electron chi connectivity index (χ3n) is 3.45. The van der Waals surface area contributed by atoms with Crippen LogP contribution in [-0.4, -0.2) is 46.6 Å². The van der Waals surface area contributed by atoms with Crippen molar-refractivity contribution in [3.05, 3.63) is 0 Å². The quantitative estimate of drug-likeness (QED) is 0.799. The van der Waals surface area contributed by atoms with Crippen LogP contribution < -0.4 is 0 Å². The van der Waals surface area contributed by atoms with Crippen LogP contribution in [0.2, 0.25) is 0 Å². The van der Waals surface area contributed by atoms with Crippen LogP contribution in [0.15, 0.2) is 0 Å². The first-order valence-electron chi connectivity index (χ1n) is 5.83. The van der Waals surface area contributed by atoms with Crippen molar-refractivity contribution in [1.29, 1.82) is 0 Å². The molecule has 15 heavy (non-hydrogen) atoms. The summed E-state index contributed by atoms with van der Waals surface area (Å²) in [5.74, 6) is 1.95. The van der Waals surface area contributed by atoms with E-state index in [1.54, 1.807) is 0 Å². The van der Waals surface area contributed by atoms with Gasteiger partial charge in [-0.3, -0.25) is 9.69 Å². The van der Waals surface area contributed by atoms with Crippen LogP contribution in [0.4, 0.5) is 0 Å². The van der Waals surface area contributed by atoms with Crippen LogP contribution in [0, 0.1) is 5.92 Å². The molecule has 1 N–H and O–H groups in total. The van der Waals surface area contributed by atoms with Crippen LogP contribution in [-0.2, 0) is 4.79 Å². The number of piperidine rings is 1. The van der Waals surface area contributed by atoms with E-state index in [1.165, 1.54) is 19.3 Å². The Bertz CT molecular complexity index is 223. The summed E-state index contributed by atoms with van der Waals surface area (Å²) in [7, 11) is 0. The second-order valence-electron chi connectivity index (χ2n) is 4.50. The number of thioether (sulfide) groups is 1. The summed E-state index contributed by atoms with van der Waals surface area (Å²) >= 11 is 1.90. The van der Waals surface area contributed by atoms with E-state index in [2.05, 4.69) is 4.90 Å². The summed E-state index contributed by atoms with van der Waals surface area (Å²) in [6.07, 6.45) is 4.69. The minimum Gasteiger partial charge on any atom is -0.480 e. The minimum absolute atomic E-state index is 0.208. The van der Waals surface area contributed by atoms with E-state index < -0.39 is 5.97 Å². The lowest BCUT2D eigenvalue weighted by molar-refractivity contribution is -0.145. The molecule has 3 nitrogen and oxygen atoms in total. The van der Waals surface area contributed by atoms with E-state index in [4.69, 9.17) is 0 Å². The normalized spacial score (nSPS) is 30.3. The number of likely N-dealkylation sites (tertiary alicyclic amines) is 1. The molecule has 2 fully saturated rings. The lowest BCUT2D eigenvalue weighted by Gasteiger charge is -2.34. The number of hydrogen-bond donors (Lipinski definition) is 1. The fourth-order valence-electron chi connectivity index (χ4n) is 2.65. The first kappa shape index (κ1) is 11.3. The molecule has 0 bridgehead atoms. The van der Waals surface area contributed by atoms with Crippen LogP contribution >= 0.6 is 11.8 Å². The average molecular weight is 229 g/mol. The highest BCUT2D eigenvalue weighted by Crippen LogP contribution is 2.30. The predicted molar refractivity (Wildman–Crippen MR) is 62.3 cm³/mol. The standard InChI is InChI=1S/C11H19NO2S/c13-11(14)10(9-4-7-15-8-9)12-5-2-1-3-6-12/h9-10H,1-8H2,(H,13,14). The molecule has 2 rings (SSSR count). The molecule has 0 aromatic heterocycles. The fourth-order valence-corrected chi connectivity index (χ4v) is 3.94. The number of carboxylic acid groups (broad SMARTS) is 1. The smallest absolute Gasteiger partial charge is 0.321 e. The van der Waals surface area contributed by atoms with Gasteiger partial charge in [-0.05, 0) is 49.8 Å². The van der Waals surface area contributed by atoms with Gasteiger partial charge in [-0.25, -0.2) is 0 Å². The molecule has 2 atom stereocenters. The van der Waals surface area contributed by atoms with Crippen molar-refractivity contribution in [3.8, 4) is 0 Å². The van der Waals surface area contributed by atoms with Crippen molar-refractivity contribution in [2.45, 2.75) is 31.7 Å². The van der Waals surface area contributed by atoms with E-state index >= 15 is 0 Å². The van der Waals surface area contributed by atoms with Gasteiger partial charge < -0.3 is 5.11 Å². The summed E-state index contributed by atoms with van der Waals surface area (Å²) in [5, 5.41) is 9.33. The molecule has 0 aromatic rings. The van der Waals surface area contributed by atoms with Crippen LogP contribution in [0.1, 0.15) is 25.7 Å². The Kier molecular flexibility index (Phi) is 3.92. The van der Waals surface area contributed by atoms with Crippen molar-refractivity contribution < 1.29 is 9.90 Å². The first-order valence-corrected chi connectivity index (χ1v) is 6.99. The Labute approximate surface area is 95.2 Å². The molecule has 0 spiro atoms. The summed E-state index contributed by atoms with van der Waals surface area (Å²) in [6, 6.07) is -0.208. The Morgan fingerprint density at radius 1 is 1.33 bits per heavy atom. The first-order chi connectivity index (χ1) is 7.29. The molecule has 0 aromatic carbocycles. The van der Waals surface area contributed by atoms with Crippen LogP contribution in [0.3, 0.4) is 0 Å². The molecule has 0 saturated carbocycles. The molecule has 86 valence electrons. The fraction of sp³-hybridized carbons (Fsp3) is 0.909. The monoisotopic (exact) mass is 229 g/mol. The van der Waals surface area contributed by atoms with Gasteiger partial charge in [0.25, 0.3) is 0 Å².